The van der Waals surface area contributed by atoms with E-state index in [1.54, 1.807) is 23.1 Å². The number of aryl methyl sites for hydroxylation is 1. The Morgan fingerprint density at radius 3 is 2.59 bits per heavy atom. The molecule has 2 aromatic carbocycles. The van der Waals surface area contributed by atoms with Gasteiger partial charge in [0.15, 0.2) is 11.0 Å². The van der Waals surface area contributed by atoms with Gasteiger partial charge in [0.05, 0.1) is 23.8 Å². The molecule has 0 atom stereocenters. The highest BCUT2D eigenvalue weighted by Crippen LogP contribution is 2.36. The van der Waals surface area contributed by atoms with Gasteiger partial charge >= 0.3 is 0 Å². The first-order chi connectivity index (χ1) is 16.6. The van der Waals surface area contributed by atoms with Crippen LogP contribution in [-0.4, -0.2) is 33.0 Å². The minimum atomic E-state index is -0.332. The molecule has 1 aliphatic carbocycles. The summed E-state index contributed by atoms with van der Waals surface area (Å²) in [5.41, 5.74) is 2.30. The van der Waals surface area contributed by atoms with Crippen LogP contribution >= 0.6 is 11.8 Å². The second-order valence-corrected chi connectivity index (χ2v) is 9.47. The van der Waals surface area contributed by atoms with E-state index in [2.05, 4.69) is 16.3 Å². The van der Waals surface area contributed by atoms with Crippen molar-refractivity contribution in [3.63, 3.8) is 0 Å². The Kier molecular flexibility index (Phi) is 7.96. The van der Waals surface area contributed by atoms with Gasteiger partial charge in [0.1, 0.15) is 5.82 Å². The molecule has 0 bridgehead atoms. The fourth-order valence-corrected chi connectivity index (χ4v) is 5.24. The Balaban J connectivity index is 1.59. The first-order valence-electron chi connectivity index (χ1n) is 11.6. The van der Waals surface area contributed by atoms with Gasteiger partial charge in [0.25, 0.3) is 0 Å². The third kappa shape index (κ3) is 5.48. The summed E-state index contributed by atoms with van der Waals surface area (Å²) < 4.78 is 16.6. The van der Waals surface area contributed by atoms with Gasteiger partial charge in [-0.2, -0.15) is 5.26 Å². The molecule has 6 nitrogen and oxygen atoms in total. The van der Waals surface area contributed by atoms with Gasteiger partial charge in [-0.3, -0.25) is 9.36 Å². The maximum absolute atomic E-state index is 14.6. The largest absolute Gasteiger partial charge is 0.311 e. The molecule has 1 fully saturated rings. The number of hydrogen-bond donors (Lipinski definition) is 0. The third-order valence-electron chi connectivity index (χ3n) is 6.14. The first-order valence-corrected chi connectivity index (χ1v) is 12.6. The number of carbonyl (C=O) groups is 1. The lowest BCUT2D eigenvalue weighted by molar-refractivity contribution is -0.116. The lowest BCUT2D eigenvalue weighted by Gasteiger charge is -2.26. The minimum absolute atomic E-state index is 0.102. The van der Waals surface area contributed by atoms with E-state index < -0.39 is 0 Å². The predicted octanol–water partition coefficient (Wildman–Crippen LogP) is 5.94. The van der Waals surface area contributed by atoms with Gasteiger partial charge < -0.3 is 4.90 Å². The molecule has 1 amide bonds. The molecule has 1 heterocycles. The number of halogens is 1. The van der Waals surface area contributed by atoms with Crippen LogP contribution in [0, 0.1) is 24.1 Å². The fraction of sp³-hybridized carbons (Fsp3) is 0.385. The summed E-state index contributed by atoms with van der Waals surface area (Å²) in [6.07, 6.45) is 5.63. The Morgan fingerprint density at radius 1 is 1.15 bits per heavy atom. The molecular weight excluding hydrogens is 449 g/mol. The summed E-state index contributed by atoms with van der Waals surface area (Å²) in [5.74, 6) is 0.234. The van der Waals surface area contributed by atoms with Crippen LogP contribution < -0.4 is 4.90 Å². The lowest BCUT2D eigenvalue weighted by Crippen LogP contribution is -2.33. The highest BCUT2D eigenvalue weighted by Gasteiger charge is 2.26. The van der Waals surface area contributed by atoms with Crippen LogP contribution in [0.25, 0.3) is 11.4 Å². The maximum Gasteiger partial charge on any atom is 0.237 e. The summed E-state index contributed by atoms with van der Waals surface area (Å²) in [6, 6.07) is 16.6. The number of nitriles is 1. The average Bonchev–Trinajstić information content (AvgIpc) is 3.28. The van der Waals surface area contributed by atoms with Crippen LogP contribution in [0.3, 0.4) is 0 Å². The van der Waals surface area contributed by atoms with Crippen molar-refractivity contribution >= 4 is 23.4 Å². The molecule has 1 saturated carbocycles. The third-order valence-corrected chi connectivity index (χ3v) is 7.07. The number of nitrogens with zero attached hydrogens (tertiary/aromatic N) is 5. The second-order valence-electron chi connectivity index (χ2n) is 8.53. The van der Waals surface area contributed by atoms with Crippen molar-refractivity contribution in [2.75, 3.05) is 17.2 Å². The van der Waals surface area contributed by atoms with Gasteiger partial charge in [-0.25, -0.2) is 4.39 Å². The molecule has 4 rings (SSSR count). The number of anilines is 1. The van der Waals surface area contributed by atoms with Crippen molar-refractivity contribution in [1.29, 1.82) is 5.26 Å². The van der Waals surface area contributed by atoms with E-state index in [1.165, 1.54) is 24.2 Å². The van der Waals surface area contributed by atoms with Crippen LogP contribution in [0.4, 0.5) is 10.1 Å². The maximum atomic E-state index is 14.6. The summed E-state index contributed by atoms with van der Waals surface area (Å²) in [6.45, 7) is 2.32. The molecule has 0 aliphatic heterocycles. The zero-order chi connectivity index (χ0) is 23.9. The van der Waals surface area contributed by atoms with E-state index in [0.717, 1.165) is 36.9 Å². The number of hydrogen-bond acceptors (Lipinski definition) is 5. The van der Waals surface area contributed by atoms with Gasteiger partial charge in [0.2, 0.25) is 5.91 Å². The molecule has 0 radical (unpaired) electrons. The van der Waals surface area contributed by atoms with E-state index in [-0.39, 0.29) is 29.9 Å². The topological polar surface area (TPSA) is 74.8 Å². The molecule has 0 saturated heterocycles. The molecule has 0 unspecified atom stereocenters. The number of benzene rings is 2. The van der Waals surface area contributed by atoms with Crippen molar-refractivity contribution in [3.8, 4) is 17.5 Å². The summed E-state index contributed by atoms with van der Waals surface area (Å²) in [5, 5.41) is 18.4. The zero-order valence-corrected chi connectivity index (χ0v) is 20.1. The quantitative estimate of drug-likeness (QED) is 0.376. The summed E-state index contributed by atoms with van der Waals surface area (Å²) in [4.78, 5) is 14.9. The highest BCUT2D eigenvalue weighted by molar-refractivity contribution is 7.99. The van der Waals surface area contributed by atoms with Crippen molar-refractivity contribution < 1.29 is 9.18 Å². The van der Waals surface area contributed by atoms with Crippen LogP contribution in [-0.2, 0) is 4.79 Å². The Morgan fingerprint density at radius 2 is 1.88 bits per heavy atom. The molecule has 3 aromatic rings. The van der Waals surface area contributed by atoms with Crippen LogP contribution in [0.15, 0.2) is 53.7 Å². The molecule has 34 heavy (non-hydrogen) atoms. The van der Waals surface area contributed by atoms with Crippen molar-refractivity contribution in [2.45, 2.75) is 56.6 Å². The molecule has 1 aliphatic rings. The average molecular weight is 478 g/mol. The lowest BCUT2D eigenvalue weighted by atomic mass is 9.95. The Hall–Kier alpha value is -3.18. The van der Waals surface area contributed by atoms with Gasteiger partial charge in [-0.05, 0) is 44.0 Å². The molecule has 0 spiro atoms. The number of rotatable bonds is 8. The number of carbonyl (C=O) groups excluding carboxylic acids is 1. The van der Waals surface area contributed by atoms with Crippen molar-refractivity contribution in [2.24, 2.45) is 0 Å². The van der Waals surface area contributed by atoms with Gasteiger partial charge in [-0.15, -0.1) is 10.2 Å². The van der Waals surface area contributed by atoms with Crippen LogP contribution in [0.1, 0.15) is 50.1 Å². The molecule has 176 valence electrons. The first kappa shape index (κ1) is 24.0. The number of thioether (sulfide) groups is 1. The van der Waals surface area contributed by atoms with E-state index in [0.29, 0.717) is 23.1 Å². The van der Waals surface area contributed by atoms with Crippen molar-refractivity contribution in [1.82, 2.24) is 14.8 Å². The Labute approximate surface area is 203 Å². The molecule has 8 heteroatoms. The smallest absolute Gasteiger partial charge is 0.237 e. The molecular formula is C26H28FN5OS. The highest BCUT2D eigenvalue weighted by atomic mass is 32.2. The fourth-order valence-electron chi connectivity index (χ4n) is 4.36. The standard InChI is InChI=1S/C26H28FN5OS/c1-19-12-14-20(15-13-19)31(17-7-16-28)24(33)18-34-26-30-29-25(22-10-5-6-11-23(22)27)32(26)21-8-3-2-4-9-21/h5-6,10-15,21H,2-4,7-9,17-18H2,1H3. The zero-order valence-electron chi connectivity index (χ0n) is 19.3. The van der Waals surface area contributed by atoms with Gasteiger partial charge in [-0.1, -0.05) is 60.9 Å². The van der Waals surface area contributed by atoms with E-state index >= 15 is 0 Å². The number of aromatic nitrogens is 3. The number of amides is 1. The van der Waals surface area contributed by atoms with Crippen molar-refractivity contribution in [3.05, 3.63) is 59.9 Å². The second kappa shape index (κ2) is 11.3. The van der Waals surface area contributed by atoms with E-state index in [4.69, 9.17) is 5.26 Å². The van der Waals surface area contributed by atoms with E-state index in [9.17, 15) is 9.18 Å². The summed E-state index contributed by atoms with van der Waals surface area (Å²) in [7, 11) is 0. The SMILES string of the molecule is Cc1ccc(N(CCC#N)C(=O)CSc2nnc(-c3ccccc3F)n2C2CCCCC2)cc1. The van der Waals surface area contributed by atoms with Crippen LogP contribution in [0.5, 0.6) is 0 Å². The van der Waals surface area contributed by atoms with Crippen LogP contribution in [0.2, 0.25) is 0 Å². The molecule has 1 aromatic heterocycles. The summed E-state index contributed by atoms with van der Waals surface area (Å²) >= 11 is 1.32. The molecule has 0 N–H and O–H groups in total. The normalized spacial score (nSPS) is 14.0. The van der Waals surface area contributed by atoms with E-state index in [1.807, 2.05) is 35.8 Å². The monoisotopic (exact) mass is 477 g/mol. The minimum Gasteiger partial charge on any atom is -0.311 e. The predicted molar refractivity (Wildman–Crippen MR) is 132 cm³/mol. The van der Waals surface area contributed by atoms with Gasteiger partial charge in [0, 0.05) is 18.3 Å². The Bertz CT molecular complexity index is 1160.